The number of nitrogens with one attached hydrogen (secondary N) is 3. The van der Waals surface area contributed by atoms with Crippen molar-refractivity contribution in [3.63, 3.8) is 0 Å². The highest BCUT2D eigenvalue weighted by molar-refractivity contribution is 5.94. The molecule has 28 heavy (non-hydrogen) atoms. The third kappa shape index (κ3) is 6.38. The van der Waals surface area contributed by atoms with Gasteiger partial charge in [-0.1, -0.05) is 0 Å². The number of halogens is 1. The topological polar surface area (TPSA) is 79.5 Å². The molecule has 0 unspecified atom stereocenters. The summed E-state index contributed by atoms with van der Waals surface area (Å²) in [5.74, 6) is 0.525. The van der Waals surface area contributed by atoms with Crippen molar-refractivity contribution in [1.82, 2.24) is 10.6 Å². The van der Waals surface area contributed by atoms with Gasteiger partial charge in [-0.25, -0.2) is 0 Å². The first-order valence-corrected chi connectivity index (χ1v) is 10.1. The van der Waals surface area contributed by atoms with Gasteiger partial charge in [-0.15, -0.1) is 12.4 Å². The molecule has 2 aliphatic rings. The normalized spacial score (nSPS) is 22.6. The second-order valence-corrected chi connectivity index (χ2v) is 7.70. The van der Waals surface area contributed by atoms with Gasteiger partial charge in [-0.2, -0.15) is 0 Å². The Kier molecular flexibility index (Phi) is 9.06. The first-order chi connectivity index (χ1) is 13.2. The van der Waals surface area contributed by atoms with Crippen LogP contribution in [0.1, 0.15) is 48.9 Å². The third-order valence-electron chi connectivity index (χ3n) is 5.80. The van der Waals surface area contributed by atoms with Gasteiger partial charge in [0, 0.05) is 23.8 Å². The van der Waals surface area contributed by atoms with Crippen LogP contribution in [0.4, 0.5) is 5.69 Å². The van der Waals surface area contributed by atoms with Gasteiger partial charge in [-0.05, 0) is 81.8 Å². The summed E-state index contributed by atoms with van der Waals surface area (Å²) in [6, 6.07) is 7.84. The van der Waals surface area contributed by atoms with Gasteiger partial charge in [0.25, 0.3) is 5.91 Å². The Morgan fingerprint density at radius 1 is 1.04 bits per heavy atom. The van der Waals surface area contributed by atoms with Crippen LogP contribution in [0.25, 0.3) is 0 Å². The maximum absolute atomic E-state index is 12.5. The third-order valence-corrected chi connectivity index (χ3v) is 5.80. The van der Waals surface area contributed by atoms with E-state index in [9.17, 15) is 9.59 Å². The SMILES string of the molecule is COC(=O)C1CCC(NC(=O)c2ccc(NCC3CCNCC3)cc2)CC1.Cl. The van der Waals surface area contributed by atoms with Crippen LogP contribution < -0.4 is 16.0 Å². The maximum Gasteiger partial charge on any atom is 0.308 e. The minimum absolute atomic E-state index is 0. The van der Waals surface area contributed by atoms with Crippen molar-refractivity contribution >= 4 is 30.0 Å². The molecule has 1 saturated carbocycles. The van der Waals surface area contributed by atoms with Gasteiger partial charge in [-0.3, -0.25) is 9.59 Å². The second kappa shape index (κ2) is 11.3. The zero-order valence-electron chi connectivity index (χ0n) is 16.5. The Balaban J connectivity index is 0.00000280. The van der Waals surface area contributed by atoms with Crippen LogP contribution in [0.2, 0.25) is 0 Å². The lowest BCUT2D eigenvalue weighted by Crippen LogP contribution is -2.38. The predicted octanol–water partition coefficient (Wildman–Crippen LogP) is 2.98. The molecule has 1 aliphatic carbocycles. The van der Waals surface area contributed by atoms with Gasteiger partial charge >= 0.3 is 5.97 Å². The number of carbonyl (C=O) groups excluding carboxylic acids is 2. The van der Waals surface area contributed by atoms with E-state index in [1.165, 1.54) is 20.0 Å². The van der Waals surface area contributed by atoms with E-state index in [0.717, 1.165) is 51.0 Å². The van der Waals surface area contributed by atoms with Crippen molar-refractivity contribution < 1.29 is 14.3 Å². The molecule has 1 aromatic rings. The maximum atomic E-state index is 12.5. The summed E-state index contributed by atoms with van der Waals surface area (Å²) in [7, 11) is 1.43. The smallest absolute Gasteiger partial charge is 0.308 e. The molecule has 0 spiro atoms. The predicted molar refractivity (Wildman–Crippen MR) is 113 cm³/mol. The van der Waals surface area contributed by atoms with E-state index in [2.05, 4.69) is 16.0 Å². The number of methoxy groups -OCH3 is 1. The fraction of sp³-hybridized carbons (Fsp3) is 0.619. The van der Waals surface area contributed by atoms with E-state index in [0.29, 0.717) is 11.5 Å². The molecule has 7 heteroatoms. The van der Waals surface area contributed by atoms with Crippen molar-refractivity contribution in [2.45, 2.75) is 44.6 Å². The zero-order valence-corrected chi connectivity index (χ0v) is 17.4. The molecule has 1 aromatic carbocycles. The van der Waals surface area contributed by atoms with E-state index in [-0.39, 0.29) is 36.2 Å². The summed E-state index contributed by atoms with van der Waals surface area (Å²) in [6.45, 7) is 3.19. The summed E-state index contributed by atoms with van der Waals surface area (Å²) < 4.78 is 4.81. The average Bonchev–Trinajstić information content (AvgIpc) is 2.73. The summed E-state index contributed by atoms with van der Waals surface area (Å²) in [5.41, 5.74) is 1.74. The van der Waals surface area contributed by atoms with Crippen LogP contribution in [0.3, 0.4) is 0 Å². The lowest BCUT2D eigenvalue weighted by molar-refractivity contribution is -0.146. The van der Waals surface area contributed by atoms with Crippen LogP contribution in [-0.4, -0.2) is 44.7 Å². The van der Waals surface area contributed by atoms with E-state index >= 15 is 0 Å². The van der Waals surface area contributed by atoms with E-state index < -0.39 is 0 Å². The van der Waals surface area contributed by atoms with Crippen LogP contribution in [0, 0.1) is 11.8 Å². The number of ether oxygens (including phenoxy) is 1. The second-order valence-electron chi connectivity index (χ2n) is 7.70. The number of hydrogen-bond donors (Lipinski definition) is 3. The van der Waals surface area contributed by atoms with Crippen LogP contribution in [0.15, 0.2) is 24.3 Å². The number of piperidine rings is 1. The minimum Gasteiger partial charge on any atom is -0.469 e. The number of rotatable bonds is 6. The van der Waals surface area contributed by atoms with E-state index in [1.807, 2.05) is 24.3 Å². The number of esters is 1. The van der Waals surface area contributed by atoms with Gasteiger partial charge in [0.2, 0.25) is 0 Å². The fourth-order valence-electron chi connectivity index (χ4n) is 4.00. The standard InChI is InChI=1S/C21H31N3O3.ClH/c1-27-21(26)17-4-8-19(9-5-17)24-20(25)16-2-6-18(7-3-16)23-14-15-10-12-22-13-11-15;/h2-3,6-7,15,17,19,22-23H,4-5,8-14H2,1H3,(H,24,25);1H. The molecule has 0 atom stereocenters. The molecule has 3 N–H and O–H groups in total. The Morgan fingerprint density at radius 3 is 2.29 bits per heavy atom. The number of amides is 1. The zero-order chi connectivity index (χ0) is 19.1. The van der Waals surface area contributed by atoms with Crippen molar-refractivity contribution in [2.24, 2.45) is 11.8 Å². The Labute approximate surface area is 173 Å². The summed E-state index contributed by atoms with van der Waals surface area (Å²) in [5, 5.41) is 9.96. The van der Waals surface area contributed by atoms with Crippen molar-refractivity contribution in [3.8, 4) is 0 Å². The highest BCUT2D eigenvalue weighted by Gasteiger charge is 2.27. The summed E-state index contributed by atoms with van der Waals surface area (Å²) in [4.78, 5) is 24.1. The molecular weight excluding hydrogens is 378 g/mol. The number of benzene rings is 1. The molecule has 1 saturated heterocycles. The highest BCUT2D eigenvalue weighted by Crippen LogP contribution is 2.25. The molecule has 156 valence electrons. The highest BCUT2D eigenvalue weighted by atomic mass is 35.5. The lowest BCUT2D eigenvalue weighted by atomic mass is 9.86. The van der Waals surface area contributed by atoms with E-state index in [1.54, 1.807) is 0 Å². The average molecular weight is 410 g/mol. The first-order valence-electron chi connectivity index (χ1n) is 10.1. The van der Waals surface area contributed by atoms with Crippen LogP contribution in [-0.2, 0) is 9.53 Å². The van der Waals surface area contributed by atoms with Crippen molar-refractivity contribution in [2.75, 3.05) is 32.1 Å². The molecule has 6 nitrogen and oxygen atoms in total. The monoisotopic (exact) mass is 409 g/mol. The van der Waals surface area contributed by atoms with Gasteiger partial charge in [0.15, 0.2) is 0 Å². The number of carbonyl (C=O) groups is 2. The molecule has 3 rings (SSSR count). The largest absolute Gasteiger partial charge is 0.469 e. The fourth-order valence-corrected chi connectivity index (χ4v) is 4.00. The van der Waals surface area contributed by atoms with Crippen molar-refractivity contribution in [3.05, 3.63) is 29.8 Å². The quantitative estimate of drug-likeness (QED) is 0.629. The molecule has 2 fully saturated rings. The van der Waals surface area contributed by atoms with Crippen LogP contribution >= 0.6 is 12.4 Å². The molecule has 0 radical (unpaired) electrons. The molecule has 0 aromatic heterocycles. The Hall–Kier alpha value is -1.79. The molecular formula is C21H32ClN3O3. The minimum atomic E-state index is -0.132. The van der Waals surface area contributed by atoms with Gasteiger partial charge in [0.1, 0.15) is 0 Å². The number of hydrogen-bond acceptors (Lipinski definition) is 5. The summed E-state index contributed by atoms with van der Waals surface area (Å²) in [6.07, 6.45) is 5.62. The molecule has 1 aliphatic heterocycles. The van der Waals surface area contributed by atoms with Crippen LogP contribution in [0.5, 0.6) is 0 Å². The summed E-state index contributed by atoms with van der Waals surface area (Å²) >= 11 is 0. The molecule has 1 amide bonds. The molecule has 1 heterocycles. The van der Waals surface area contributed by atoms with Crippen molar-refractivity contribution in [1.29, 1.82) is 0 Å². The number of anilines is 1. The first kappa shape index (κ1) is 22.5. The Bertz CT molecular complexity index is 624. The lowest BCUT2D eigenvalue weighted by Gasteiger charge is -2.27. The van der Waals surface area contributed by atoms with Gasteiger partial charge in [0.05, 0.1) is 13.0 Å². The van der Waals surface area contributed by atoms with E-state index in [4.69, 9.17) is 4.74 Å². The van der Waals surface area contributed by atoms with Gasteiger partial charge < -0.3 is 20.7 Å². The Morgan fingerprint density at radius 2 is 1.68 bits per heavy atom. The molecule has 0 bridgehead atoms.